The molecule has 1 N–H and O–H groups in total. The van der Waals surface area contributed by atoms with Gasteiger partial charge in [-0.2, -0.15) is 0 Å². The summed E-state index contributed by atoms with van der Waals surface area (Å²) in [6.07, 6.45) is -0.0215. The van der Waals surface area contributed by atoms with E-state index in [1.54, 1.807) is 4.90 Å². The van der Waals surface area contributed by atoms with Crippen molar-refractivity contribution in [2.24, 2.45) is 0 Å². The molecule has 0 radical (unpaired) electrons. The third-order valence-corrected chi connectivity index (χ3v) is 2.35. The highest BCUT2D eigenvalue weighted by Crippen LogP contribution is 2.03. The second kappa shape index (κ2) is 7.19. The number of nitrogens with one attached hydrogen (secondary N) is 1. The second-order valence-electron chi connectivity index (χ2n) is 3.41. The Bertz CT molecular complexity index is 229. The van der Waals surface area contributed by atoms with E-state index >= 15 is 0 Å². The molecule has 0 aromatic carbocycles. The van der Waals surface area contributed by atoms with E-state index in [1.165, 1.54) is 0 Å². The van der Waals surface area contributed by atoms with Crippen molar-refractivity contribution >= 4 is 12.3 Å². The van der Waals surface area contributed by atoms with Crippen molar-refractivity contribution in [3.05, 3.63) is 0 Å². The fraction of sp³-hybridized carbons (Fsp3) is 0.800. The van der Waals surface area contributed by atoms with Crippen molar-refractivity contribution in [2.75, 3.05) is 39.5 Å². The highest BCUT2D eigenvalue weighted by molar-refractivity contribution is 5.81. The van der Waals surface area contributed by atoms with Crippen LogP contribution in [0.25, 0.3) is 0 Å². The van der Waals surface area contributed by atoms with Crippen molar-refractivity contribution in [1.29, 1.82) is 0 Å². The molecule has 1 unspecified atom stereocenters. The lowest BCUT2D eigenvalue weighted by molar-refractivity contribution is -0.147. The van der Waals surface area contributed by atoms with Crippen LogP contribution in [0.15, 0.2) is 0 Å². The normalized spacial score (nSPS) is 17.9. The molecule has 0 bridgehead atoms. The first-order chi connectivity index (χ1) is 7.79. The van der Waals surface area contributed by atoms with Gasteiger partial charge in [-0.15, -0.1) is 0 Å². The molecular formula is C10H18N2O4. The summed E-state index contributed by atoms with van der Waals surface area (Å²) >= 11 is 0. The van der Waals surface area contributed by atoms with Gasteiger partial charge in [0, 0.05) is 19.7 Å². The first-order valence-electron chi connectivity index (χ1n) is 5.44. The molecule has 1 heterocycles. The predicted octanol–water partition coefficient (Wildman–Crippen LogP) is -1.00. The Morgan fingerprint density at radius 1 is 1.56 bits per heavy atom. The molecule has 1 atom stereocenters. The number of ether oxygens (including phenoxy) is 2. The SMILES string of the molecule is CCOC(CNC=O)C(=O)N1CCOCC1. The third-order valence-electron chi connectivity index (χ3n) is 2.35. The van der Waals surface area contributed by atoms with Gasteiger partial charge in [0.15, 0.2) is 6.10 Å². The summed E-state index contributed by atoms with van der Waals surface area (Å²) in [4.78, 5) is 23.9. The predicted molar refractivity (Wildman–Crippen MR) is 56.9 cm³/mol. The Balaban J connectivity index is 2.46. The molecule has 1 fully saturated rings. The van der Waals surface area contributed by atoms with Crippen LogP contribution in [0.3, 0.4) is 0 Å². The second-order valence-corrected chi connectivity index (χ2v) is 3.41. The molecule has 0 aliphatic carbocycles. The Morgan fingerprint density at radius 2 is 2.25 bits per heavy atom. The zero-order valence-corrected chi connectivity index (χ0v) is 9.48. The summed E-state index contributed by atoms with van der Waals surface area (Å²) in [7, 11) is 0. The Kier molecular flexibility index (Phi) is 5.81. The molecule has 1 aliphatic heterocycles. The van der Waals surface area contributed by atoms with Crippen molar-refractivity contribution in [1.82, 2.24) is 10.2 Å². The van der Waals surface area contributed by atoms with Crippen molar-refractivity contribution in [2.45, 2.75) is 13.0 Å². The van der Waals surface area contributed by atoms with E-state index in [4.69, 9.17) is 9.47 Å². The lowest BCUT2D eigenvalue weighted by Crippen LogP contribution is -2.49. The molecule has 6 nitrogen and oxygen atoms in total. The van der Waals surface area contributed by atoms with Gasteiger partial charge in [0.1, 0.15) is 0 Å². The number of hydrogen-bond acceptors (Lipinski definition) is 4. The van der Waals surface area contributed by atoms with Crippen LogP contribution in [0, 0.1) is 0 Å². The summed E-state index contributed by atoms with van der Waals surface area (Å²) in [6, 6.07) is 0. The van der Waals surface area contributed by atoms with Crippen molar-refractivity contribution < 1.29 is 19.1 Å². The molecule has 0 aromatic heterocycles. The molecule has 0 aromatic rings. The quantitative estimate of drug-likeness (QED) is 0.594. The highest BCUT2D eigenvalue weighted by Gasteiger charge is 2.25. The summed E-state index contributed by atoms with van der Waals surface area (Å²) in [6.45, 7) is 4.78. The average Bonchev–Trinajstić information content (AvgIpc) is 2.35. The first kappa shape index (κ1) is 12.9. The van der Waals surface area contributed by atoms with E-state index in [-0.39, 0.29) is 12.5 Å². The van der Waals surface area contributed by atoms with Gasteiger partial charge in [0.2, 0.25) is 6.41 Å². The van der Waals surface area contributed by atoms with Crippen molar-refractivity contribution in [3.63, 3.8) is 0 Å². The molecule has 1 rings (SSSR count). The number of carbonyl (C=O) groups is 2. The molecule has 2 amide bonds. The summed E-state index contributed by atoms with van der Waals surface area (Å²) in [5.41, 5.74) is 0. The van der Waals surface area contributed by atoms with Crippen LogP contribution in [0.2, 0.25) is 0 Å². The van der Waals surface area contributed by atoms with Crippen LogP contribution in [0.5, 0.6) is 0 Å². The Labute approximate surface area is 94.9 Å². The number of amides is 2. The standard InChI is InChI=1S/C10H18N2O4/c1-2-16-9(7-11-8-13)10(14)12-3-5-15-6-4-12/h8-9H,2-7H2,1H3,(H,11,13). The van der Waals surface area contributed by atoms with Gasteiger partial charge in [-0.3, -0.25) is 9.59 Å². The minimum atomic E-state index is -0.590. The molecule has 16 heavy (non-hydrogen) atoms. The van der Waals surface area contributed by atoms with Gasteiger partial charge in [-0.05, 0) is 6.92 Å². The topological polar surface area (TPSA) is 67.9 Å². The maximum atomic E-state index is 12.0. The van der Waals surface area contributed by atoms with Crippen LogP contribution >= 0.6 is 0 Å². The highest BCUT2D eigenvalue weighted by atomic mass is 16.5. The maximum Gasteiger partial charge on any atom is 0.253 e. The zero-order valence-electron chi connectivity index (χ0n) is 9.48. The van der Waals surface area contributed by atoms with Crippen LogP contribution in [0.1, 0.15) is 6.92 Å². The molecule has 6 heteroatoms. The smallest absolute Gasteiger partial charge is 0.253 e. The van der Waals surface area contributed by atoms with Gasteiger partial charge >= 0.3 is 0 Å². The van der Waals surface area contributed by atoms with E-state index in [1.807, 2.05) is 6.92 Å². The maximum absolute atomic E-state index is 12.0. The van der Waals surface area contributed by atoms with Crippen LogP contribution in [-0.2, 0) is 19.1 Å². The first-order valence-corrected chi connectivity index (χ1v) is 5.44. The number of morpholine rings is 1. The molecule has 0 saturated carbocycles. The Hall–Kier alpha value is -1.14. The zero-order chi connectivity index (χ0) is 11.8. The summed E-state index contributed by atoms with van der Waals surface area (Å²) in [5.74, 6) is -0.0838. The van der Waals surface area contributed by atoms with Gasteiger partial charge in [-0.25, -0.2) is 0 Å². The van der Waals surface area contributed by atoms with Crippen LogP contribution in [-0.4, -0.2) is 62.8 Å². The van der Waals surface area contributed by atoms with E-state index in [9.17, 15) is 9.59 Å². The minimum Gasteiger partial charge on any atom is -0.378 e. The van der Waals surface area contributed by atoms with E-state index in [0.717, 1.165) is 0 Å². The average molecular weight is 230 g/mol. The number of hydrogen-bond donors (Lipinski definition) is 1. The molecule has 1 aliphatic rings. The lowest BCUT2D eigenvalue weighted by atomic mass is 10.2. The number of carbonyl (C=O) groups excluding carboxylic acids is 2. The van der Waals surface area contributed by atoms with Gasteiger partial charge in [0.25, 0.3) is 5.91 Å². The van der Waals surface area contributed by atoms with Gasteiger partial charge in [-0.1, -0.05) is 0 Å². The van der Waals surface area contributed by atoms with Crippen LogP contribution < -0.4 is 5.32 Å². The largest absolute Gasteiger partial charge is 0.378 e. The van der Waals surface area contributed by atoms with E-state index in [0.29, 0.717) is 39.3 Å². The van der Waals surface area contributed by atoms with Crippen LogP contribution in [0.4, 0.5) is 0 Å². The third kappa shape index (κ3) is 3.79. The molecule has 1 saturated heterocycles. The van der Waals surface area contributed by atoms with Gasteiger partial charge in [0.05, 0.1) is 19.8 Å². The molecular weight excluding hydrogens is 212 g/mol. The van der Waals surface area contributed by atoms with Gasteiger partial charge < -0.3 is 19.7 Å². The lowest BCUT2D eigenvalue weighted by Gasteiger charge is -2.30. The number of rotatable bonds is 6. The van der Waals surface area contributed by atoms with E-state index < -0.39 is 6.10 Å². The summed E-state index contributed by atoms with van der Waals surface area (Å²) in [5, 5.41) is 2.47. The number of nitrogens with zero attached hydrogens (tertiary/aromatic N) is 1. The monoisotopic (exact) mass is 230 g/mol. The summed E-state index contributed by atoms with van der Waals surface area (Å²) < 4.78 is 10.5. The van der Waals surface area contributed by atoms with E-state index in [2.05, 4.69) is 5.32 Å². The molecule has 0 spiro atoms. The molecule has 92 valence electrons. The fourth-order valence-electron chi connectivity index (χ4n) is 1.56. The fourth-order valence-corrected chi connectivity index (χ4v) is 1.56. The minimum absolute atomic E-state index is 0.0838. The Morgan fingerprint density at radius 3 is 2.81 bits per heavy atom. The van der Waals surface area contributed by atoms with Crippen molar-refractivity contribution in [3.8, 4) is 0 Å².